The smallest absolute Gasteiger partial charge is 0.416 e. The molecule has 0 fully saturated rings. The number of nitrogens with zero attached hydrogens (tertiary/aromatic N) is 1. The minimum Gasteiger partial charge on any atom is -0.457 e. The molecule has 2 aromatic carbocycles. The van der Waals surface area contributed by atoms with E-state index in [0.29, 0.717) is 23.7 Å². The van der Waals surface area contributed by atoms with Crippen LogP contribution in [0.1, 0.15) is 29.4 Å². The number of hydrogen-bond donors (Lipinski definition) is 3. The summed E-state index contributed by atoms with van der Waals surface area (Å²) in [4.78, 5) is 16.1. The number of carbonyl (C=O) groups is 1. The van der Waals surface area contributed by atoms with Gasteiger partial charge >= 0.3 is 6.18 Å². The van der Waals surface area contributed by atoms with Crippen molar-refractivity contribution in [3.05, 3.63) is 78.1 Å². The molecule has 3 N–H and O–H groups in total. The molecule has 0 radical (unpaired) electrons. The lowest BCUT2D eigenvalue weighted by molar-refractivity contribution is -0.137. The number of anilines is 2. The number of benzene rings is 2. The molecule has 33 heavy (non-hydrogen) atoms. The number of thiocarbonyl (C=S) groups is 1. The van der Waals surface area contributed by atoms with E-state index < -0.39 is 11.7 Å². The molecule has 0 unspecified atom stereocenters. The predicted octanol–water partition coefficient (Wildman–Crippen LogP) is 5.84. The molecule has 6 nitrogen and oxygen atoms in total. The minimum absolute atomic E-state index is 0.116. The van der Waals surface area contributed by atoms with E-state index in [1.807, 2.05) is 6.92 Å². The summed E-state index contributed by atoms with van der Waals surface area (Å²) in [5.74, 6) is 0.602. The lowest BCUT2D eigenvalue weighted by atomic mass is 10.2. The number of alkyl halides is 3. The normalized spacial score (nSPS) is 10.9. The van der Waals surface area contributed by atoms with Crippen molar-refractivity contribution < 1.29 is 22.7 Å². The highest BCUT2D eigenvalue weighted by molar-refractivity contribution is 7.80. The van der Waals surface area contributed by atoms with Gasteiger partial charge in [-0.2, -0.15) is 13.2 Å². The number of halogens is 3. The molecular weight excluding hydrogens is 453 g/mol. The number of hydrogen-bond acceptors (Lipinski definition) is 4. The van der Waals surface area contributed by atoms with Crippen molar-refractivity contribution in [3.63, 3.8) is 0 Å². The second kappa shape index (κ2) is 10.8. The molecule has 3 rings (SSSR count). The van der Waals surface area contributed by atoms with Crippen LogP contribution in [0.15, 0.2) is 66.9 Å². The number of pyridine rings is 1. The number of aromatic nitrogens is 1. The third kappa shape index (κ3) is 7.18. The Morgan fingerprint density at radius 1 is 1.00 bits per heavy atom. The molecule has 1 amide bonds. The van der Waals surface area contributed by atoms with E-state index in [0.717, 1.165) is 18.6 Å². The third-order valence-electron chi connectivity index (χ3n) is 4.27. The molecule has 0 aliphatic heterocycles. The van der Waals surface area contributed by atoms with Crippen LogP contribution < -0.4 is 20.7 Å². The summed E-state index contributed by atoms with van der Waals surface area (Å²) in [6, 6.07) is 14.7. The first-order valence-corrected chi connectivity index (χ1v) is 10.4. The number of carbonyl (C=O) groups excluding carboxylic acids is 1. The van der Waals surface area contributed by atoms with Gasteiger partial charge in [-0.05, 0) is 55.0 Å². The number of rotatable bonds is 7. The monoisotopic (exact) mass is 474 g/mol. The summed E-state index contributed by atoms with van der Waals surface area (Å²) in [7, 11) is 0. The largest absolute Gasteiger partial charge is 0.457 e. The Hall–Kier alpha value is -3.66. The maximum atomic E-state index is 12.9. The first-order chi connectivity index (χ1) is 15.7. The lowest BCUT2D eigenvalue weighted by Gasteiger charge is -2.13. The van der Waals surface area contributed by atoms with E-state index in [2.05, 4.69) is 20.9 Å². The minimum atomic E-state index is -4.44. The molecule has 0 saturated carbocycles. The standard InChI is InChI=1S/C23H21F3N4O2S/c1-2-10-28-21(31)20-14-19(9-11-27-20)32-18-8-4-7-17(13-18)30-22(33)29-16-6-3-5-15(12-16)23(24,25)26/h3-9,11-14H,2,10H2,1H3,(H,28,31)(H2,29,30,33). The van der Waals surface area contributed by atoms with Gasteiger partial charge < -0.3 is 20.7 Å². The van der Waals surface area contributed by atoms with E-state index >= 15 is 0 Å². The zero-order valence-electron chi connectivity index (χ0n) is 17.6. The summed E-state index contributed by atoms with van der Waals surface area (Å²) >= 11 is 5.21. The first kappa shape index (κ1) is 24.0. The number of ether oxygens (including phenoxy) is 1. The van der Waals surface area contributed by atoms with Crippen LogP contribution in [0.3, 0.4) is 0 Å². The van der Waals surface area contributed by atoms with E-state index in [1.165, 1.54) is 24.4 Å². The summed E-state index contributed by atoms with van der Waals surface area (Å²) in [5, 5.41) is 8.51. The van der Waals surface area contributed by atoms with Crippen molar-refractivity contribution in [1.29, 1.82) is 0 Å². The Morgan fingerprint density at radius 2 is 1.67 bits per heavy atom. The Morgan fingerprint density at radius 3 is 2.36 bits per heavy atom. The van der Waals surface area contributed by atoms with Crippen molar-refractivity contribution in [1.82, 2.24) is 10.3 Å². The Bertz CT molecular complexity index is 1140. The SMILES string of the molecule is CCCNC(=O)c1cc(Oc2cccc(NC(=S)Nc3cccc(C(F)(F)F)c3)c2)ccn1. The summed E-state index contributed by atoms with van der Waals surface area (Å²) in [6.45, 7) is 2.50. The molecular formula is C23H21F3N4O2S. The number of amides is 1. The van der Waals surface area contributed by atoms with Crippen molar-refractivity contribution in [2.75, 3.05) is 17.2 Å². The average Bonchev–Trinajstić information content (AvgIpc) is 2.77. The highest BCUT2D eigenvalue weighted by Crippen LogP contribution is 2.31. The van der Waals surface area contributed by atoms with E-state index in [4.69, 9.17) is 17.0 Å². The highest BCUT2D eigenvalue weighted by Gasteiger charge is 2.30. The zero-order valence-corrected chi connectivity index (χ0v) is 18.4. The van der Waals surface area contributed by atoms with E-state index in [9.17, 15) is 18.0 Å². The van der Waals surface area contributed by atoms with Gasteiger partial charge in [0.25, 0.3) is 5.91 Å². The molecule has 1 heterocycles. The Labute approximate surface area is 194 Å². The molecule has 0 aliphatic carbocycles. The van der Waals surface area contributed by atoms with Gasteiger partial charge in [0.15, 0.2) is 5.11 Å². The molecule has 0 bridgehead atoms. The number of nitrogens with one attached hydrogen (secondary N) is 3. The molecule has 0 saturated heterocycles. The summed E-state index contributed by atoms with van der Waals surface area (Å²) in [5.41, 5.74) is 0.236. The van der Waals surface area contributed by atoms with Crippen LogP contribution in [0, 0.1) is 0 Å². The first-order valence-electron chi connectivity index (χ1n) is 10.0. The molecule has 3 aromatic rings. The van der Waals surface area contributed by atoms with Gasteiger partial charge in [0.2, 0.25) is 0 Å². The molecule has 10 heteroatoms. The van der Waals surface area contributed by atoms with Crippen LogP contribution in [0.25, 0.3) is 0 Å². The van der Waals surface area contributed by atoms with E-state index in [1.54, 1.807) is 30.3 Å². The maximum absolute atomic E-state index is 12.9. The van der Waals surface area contributed by atoms with Crippen LogP contribution in [-0.2, 0) is 6.18 Å². The van der Waals surface area contributed by atoms with Gasteiger partial charge in [0.1, 0.15) is 17.2 Å². The second-order valence-electron chi connectivity index (χ2n) is 6.92. The van der Waals surface area contributed by atoms with Gasteiger partial charge in [-0.3, -0.25) is 9.78 Å². The van der Waals surface area contributed by atoms with Crippen LogP contribution in [0.5, 0.6) is 11.5 Å². The van der Waals surface area contributed by atoms with Gasteiger partial charge in [-0.25, -0.2) is 0 Å². The van der Waals surface area contributed by atoms with E-state index in [-0.39, 0.29) is 22.4 Å². The summed E-state index contributed by atoms with van der Waals surface area (Å²) < 4.78 is 44.5. The molecule has 0 spiro atoms. The van der Waals surface area contributed by atoms with Crippen molar-refractivity contribution in [2.45, 2.75) is 19.5 Å². The average molecular weight is 475 g/mol. The van der Waals surface area contributed by atoms with Crippen molar-refractivity contribution >= 4 is 34.6 Å². The fourth-order valence-electron chi connectivity index (χ4n) is 2.77. The fraction of sp³-hybridized carbons (Fsp3) is 0.174. The van der Waals surface area contributed by atoms with Crippen molar-refractivity contribution in [2.24, 2.45) is 0 Å². The molecule has 0 atom stereocenters. The van der Waals surface area contributed by atoms with Crippen LogP contribution >= 0.6 is 12.2 Å². The fourth-order valence-corrected chi connectivity index (χ4v) is 3.00. The highest BCUT2D eigenvalue weighted by atomic mass is 32.1. The molecule has 0 aliphatic rings. The Kier molecular flexibility index (Phi) is 7.83. The Balaban J connectivity index is 1.64. The zero-order chi connectivity index (χ0) is 23.8. The lowest BCUT2D eigenvalue weighted by Crippen LogP contribution is -2.24. The van der Waals surface area contributed by atoms with Gasteiger partial charge in [-0.15, -0.1) is 0 Å². The van der Waals surface area contributed by atoms with Crippen LogP contribution in [-0.4, -0.2) is 22.5 Å². The van der Waals surface area contributed by atoms with Crippen LogP contribution in [0.2, 0.25) is 0 Å². The molecule has 1 aromatic heterocycles. The van der Waals surface area contributed by atoms with Crippen LogP contribution in [0.4, 0.5) is 24.5 Å². The third-order valence-corrected chi connectivity index (χ3v) is 4.48. The van der Waals surface area contributed by atoms with Gasteiger partial charge in [-0.1, -0.05) is 19.1 Å². The predicted molar refractivity (Wildman–Crippen MR) is 125 cm³/mol. The quantitative estimate of drug-likeness (QED) is 0.374. The van der Waals surface area contributed by atoms with Gasteiger partial charge in [0.05, 0.1) is 5.56 Å². The second-order valence-corrected chi connectivity index (χ2v) is 7.33. The topological polar surface area (TPSA) is 75.3 Å². The summed E-state index contributed by atoms with van der Waals surface area (Å²) in [6.07, 6.45) is -2.15. The van der Waals surface area contributed by atoms with Gasteiger partial charge in [0, 0.05) is 36.2 Å². The maximum Gasteiger partial charge on any atom is 0.416 e. The molecule has 172 valence electrons. The van der Waals surface area contributed by atoms with Crippen molar-refractivity contribution in [3.8, 4) is 11.5 Å².